The van der Waals surface area contributed by atoms with Gasteiger partial charge in [0.25, 0.3) is 0 Å². The molecule has 0 aromatic heterocycles. The highest BCUT2D eigenvalue weighted by Gasteiger charge is 2.60. The summed E-state index contributed by atoms with van der Waals surface area (Å²) in [5.41, 5.74) is 5.73. The first-order chi connectivity index (χ1) is 12.1. The molecule has 0 amide bonds. The summed E-state index contributed by atoms with van der Waals surface area (Å²) >= 11 is 0. The van der Waals surface area contributed by atoms with E-state index in [1.165, 1.54) is 0 Å². The van der Waals surface area contributed by atoms with Crippen molar-refractivity contribution in [2.24, 2.45) is 5.73 Å². The molecule has 3 fully saturated rings. The smallest absolute Gasteiger partial charge is 0.394 e. The normalized spacial score (nSPS) is 57.8. The molecule has 1 aliphatic carbocycles. The van der Waals surface area contributed by atoms with Crippen LogP contribution < -0.4 is 5.73 Å². The highest BCUT2D eigenvalue weighted by molar-refractivity contribution is 7.47. The van der Waals surface area contributed by atoms with Gasteiger partial charge in [-0.15, -0.1) is 0 Å². The monoisotopic (exact) mass is 403 g/mol. The van der Waals surface area contributed by atoms with Crippen molar-refractivity contribution in [1.82, 2.24) is 0 Å². The Morgan fingerprint density at radius 3 is 2.15 bits per heavy atom. The van der Waals surface area contributed by atoms with Crippen molar-refractivity contribution in [1.29, 1.82) is 0 Å². The van der Waals surface area contributed by atoms with Crippen LogP contribution in [0.2, 0.25) is 0 Å². The van der Waals surface area contributed by atoms with E-state index >= 15 is 0 Å². The van der Waals surface area contributed by atoms with Crippen LogP contribution in [0.25, 0.3) is 0 Å². The topological polar surface area (TPSA) is 222 Å². The molecule has 2 aliphatic heterocycles. The summed E-state index contributed by atoms with van der Waals surface area (Å²) in [6.45, 7) is -0.670. The molecule has 0 bridgehead atoms. The summed E-state index contributed by atoms with van der Waals surface area (Å²) < 4.78 is 31.9. The number of phosphoric ester groups is 1. The van der Waals surface area contributed by atoms with Gasteiger partial charge < -0.3 is 50.7 Å². The van der Waals surface area contributed by atoms with Crippen LogP contribution in [0.1, 0.15) is 0 Å². The van der Waals surface area contributed by atoms with E-state index in [2.05, 4.69) is 0 Å². The van der Waals surface area contributed by atoms with Gasteiger partial charge in [0.1, 0.15) is 54.9 Å². The molecule has 9 N–H and O–H groups in total. The van der Waals surface area contributed by atoms with Crippen LogP contribution in [0.3, 0.4) is 0 Å². The first-order valence-electron chi connectivity index (χ1n) is 7.84. The van der Waals surface area contributed by atoms with Crippen LogP contribution in [0.15, 0.2) is 0 Å². The van der Waals surface area contributed by atoms with Crippen LogP contribution in [0.5, 0.6) is 0 Å². The number of fused-ring (bicyclic) bond motifs is 1. The highest BCUT2D eigenvalue weighted by atomic mass is 31.2. The number of ether oxygens (including phenoxy) is 2. The Bertz CT molecular complexity index is 564. The Hall–Kier alpha value is -0.250. The van der Waals surface area contributed by atoms with Gasteiger partial charge in [0.2, 0.25) is 0 Å². The third kappa shape index (κ3) is 3.44. The maximum atomic E-state index is 11.7. The van der Waals surface area contributed by atoms with Gasteiger partial charge in [-0.25, -0.2) is 4.57 Å². The molecule has 12 atom stereocenters. The van der Waals surface area contributed by atoms with Gasteiger partial charge in [-0.2, -0.15) is 0 Å². The average molecular weight is 403 g/mol. The van der Waals surface area contributed by atoms with Gasteiger partial charge in [0.15, 0.2) is 6.29 Å². The number of nitrogens with two attached hydrogens (primary N) is 1. The van der Waals surface area contributed by atoms with E-state index in [-0.39, 0.29) is 0 Å². The van der Waals surface area contributed by atoms with E-state index in [1.54, 1.807) is 0 Å². The zero-order chi connectivity index (χ0) is 19.4. The molecule has 3 aliphatic rings. The summed E-state index contributed by atoms with van der Waals surface area (Å²) in [6, 6.07) is -1.31. The minimum Gasteiger partial charge on any atom is -0.394 e. The molecule has 0 radical (unpaired) electrons. The van der Waals surface area contributed by atoms with E-state index < -0.39 is 81.7 Å². The zero-order valence-electron chi connectivity index (χ0n) is 13.3. The van der Waals surface area contributed by atoms with E-state index in [9.17, 15) is 40.1 Å². The largest absolute Gasteiger partial charge is 0.473 e. The average Bonchev–Trinajstić information content (AvgIpc) is 2.92. The summed E-state index contributed by atoms with van der Waals surface area (Å²) in [6.07, 6.45) is -15.5. The molecular formula is C12H22NO12P. The standard InChI is InChI=1S/C12H22NO12P/c13-3-5(16)4(15)2(1-14)22-12(3)23-9-7(18)6(17)8(19)10-11(9)25-26(20,21)24-10/h2-12,14-19H,1,13H2,(H,20,21)/t2?,3?,4-,5-,6?,7?,8-,9+,10?,11+,12+/m1/s1. The molecule has 6 unspecified atom stereocenters. The fourth-order valence-electron chi connectivity index (χ4n) is 3.28. The molecule has 1 saturated carbocycles. The van der Waals surface area contributed by atoms with Gasteiger partial charge in [-0.05, 0) is 0 Å². The Morgan fingerprint density at radius 1 is 0.923 bits per heavy atom. The quantitative estimate of drug-likeness (QED) is 0.207. The minimum atomic E-state index is -4.55. The van der Waals surface area contributed by atoms with Gasteiger partial charge >= 0.3 is 7.82 Å². The van der Waals surface area contributed by atoms with Crippen LogP contribution in [0, 0.1) is 0 Å². The zero-order valence-corrected chi connectivity index (χ0v) is 14.1. The number of rotatable bonds is 3. The van der Waals surface area contributed by atoms with Gasteiger partial charge in [0, 0.05) is 0 Å². The molecule has 0 aromatic carbocycles. The van der Waals surface area contributed by atoms with Gasteiger partial charge in [-0.1, -0.05) is 0 Å². The van der Waals surface area contributed by atoms with Gasteiger partial charge in [0.05, 0.1) is 12.6 Å². The molecule has 26 heavy (non-hydrogen) atoms. The SMILES string of the molecule is NC1[C@H](O[C@H]2C(O)C(O)[C@@H](O)C3OP(=O)(O)O[C@H]32)OC(CO)[C@@H](O)[C@@H]1O. The summed E-state index contributed by atoms with van der Waals surface area (Å²) in [5, 5.41) is 59.0. The van der Waals surface area contributed by atoms with Crippen LogP contribution >= 0.6 is 7.82 Å². The van der Waals surface area contributed by atoms with Crippen molar-refractivity contribution in [2.45, 2.75) is 67.3 Å². The molecule has 2 saturated heterocycles. The molecule has 0 aromatic rings. The maximum Gasteiger partial charge on any atom is 0.473 e. The Balaban J connectivity index is 1.81. The fraction of sp³-hybridized carbons (Fsp3) is 1.00. The number of hydrogen-bond donors (Lipinski definition) is 8. The lowest BCUT2D eigenvalue weighted by Crippen LogP contribution is -2.67. The molecule has 13 nitrogen and oxygen atoms in total. The number of aliphatic hydroxyl groups is 6. The Labute approximate surface area is 147 Å². The second-order valence-corrected chi connectivity index (χ2v) is 7.82. The van der Waals surface area contributed by atoms with Gasteiger partial charge in [-0.3, -0.25) is 9.05 Å². The lowest BCUT2D eigenvalue weighted by Gasteiger charge is -2.45. The lowest BCUT2D eigenvalue weighted by molar-refractivity contribution is -0.308. The first-order valence-corrected chi connectivity index (χ1v) is 9.34. The second-order valence-electron chi connectivity index (χ2n) is 6.47. The molecule has 0 spiro atoms. The van der Waals surface area contributed by atoms with E-state index in [1.807, 2.05) is 0 Å². The first kappa shape index (κ1) is 20.5. The molecule has 14 heteroatoms. The van der Waals surface area contributed by atoms with Crippen molar-refractivity contribution in [3.63, 3.8) is 0 Å². The minimum absolute atomic E-state index is 0.670. The Morgan fingerprint density at radius 2 is 1.54 bits per heavy atom. The summed E-state index contributed by atoms with van der Waals surface area (Å²) in [4.78, 5) is 9.47. The predicted octanol–water partition coefficient (Wildman–Crippen LogP) is -4.88. The van der Waals surface area contributed by atoms with Crippen LogP contribution in [-0.2, 0) is 23.1 Å². The molecular weight excluding hydrogens is 381 g/mol. The van der Waals surface area contributed by atoms with Crippen molar-refractivity contribution < 1.29 is 58.6 Å². The van der Waals surface area contributed by atoms with E-state index in [0.29, 0.717) is 0 Å². The highest BCUT2D eigenvalue weighted by Crippen LogP contribution is 2.56. The van der Waals surface area contributed by atoms with Crippen LogP contribution in [0.4, 0.5) is 0 Å². The third-order valence-electron chi connectivity index (χ3n) is 4.75. The summed E-state index contributed by atoms with van der Waals surface area (Å²) in [7, 11) is -4.55. The van der Waals surface area contributed by atoms with Crippen LogP contribution in [-0.4, -0.2) is 109 Å². The third-order valence-corrected chi connectivity index (χ3v) is 5.77. The maximum absolute atomic E-state index is 11.7. The summed E-state index contributed by atoms with van der Waals surface area (Å²) in [5.74, 6) is 0. The number of hydrogen-bond acceptors (Lipinski definition) is 12. The van der Waals surface area contributed by atoms with Crippen molar-refractivity contribution in [3.05, 3.63) is 0 Å². The van der Waals surface area contributed by atoms with Crippen molar-refractivity contribution in [2.75, 3.05) is 6.61 Å². The Kier molecular flexibility index (Phi) is 5.75. The fourth-order valence-corrected chi connectivity index (χ4v) is 4.43. The molecule has 3 rings (SSSR count). The van der Waals surface area contributed by atoms with E-state index in [4.69, 9.17) is 24.3 Å². The predicted molar refractivity (Wildman–Crippen MR) is 78.2 cm³/mol. The number of aliphatic hydroxyl groups excluding tert-OH is 6. The number of phosphoric acid groups is 1. The van der Waals surface area contributed by atoms with Crippen molar-refractivity contribution >= 4 is 7.82 Å². The molecule has 2 heterocycles. The second kappa shape index (κ2) is 7.29. The van der Waals surface area contributed by atoms with Crippen molar-refractivity contribution in [3.8, 4) is 0 Å². The lowest BCUT2D eigenvalue weighted by atomic mass is 9.84. The molecule has 152 valence electrons. The van der Waals surface area contributed by atoms with E-state index in [0.717, 1.165) is 0 Å².